The van der Waals surface area contributed by atoms with Gasteiger partial charge in [0.2, 0.25) is 0 Å². The molecule has 1 aromatic rings. The number of benzene rings is 1. The van der Waals surface area contributed by atoms with Crippen molar-refractivity contribution in [3.8, 4) is 11.5 Å². The molecule has 21 heavy (non-hydrogen) atoms. The molecule has 0 amide bonds. The number of ether oxygens (including phenoxy) is 2. The highest BCUT2D eigenvalue weighted by Gasteiger charge is 2.28. The highest BCUT2D eigenvalue weighted by atomic mass is 16.5. The van der Waals surface area contributed by atoms with Crippen molar-refractivity contribution < 1.29 is 9.47 Å². The Hall–Kier alpha value is -1.26. The maximum atomic E-state index is 6.62. The minimum absolute atomic E-state index is 0.482. The summed E-state index contributed by atoms with van der Waals surface area (Å²) >= 11 is 0. The Kier molecular flexibility index (Phi) is 6.99. The summed E-state index contributed by atoms with van der Waals surface area (Å²) in [5.74, 6) is 1.62. The Morgan fingerprint density at radius 2 is 1.71 bits per heavy atom. The van der Waals surface area contributed by atoms with Gasteiger partial charge in [0, 0.05) is 12.1 Å². The van der Waals surface area contributed by atoms with Crippen molar-refractivity contribution in [1.29, 1.82) is 0 Å². The van der Waals surface area contributed by atoms with Crippen molar-refractivity contribution in [2.75, 3.05) is 33.9 Å². The number of hydrogen-bond donors (Lipinski definition) is 1. The maximum Gasteiger partial charge on any atom is 0.124 e. The maximum absolute atomic E-state index is 6.62. The molecule has 0 heterocycles. The summed E-state index contributed by atoms with van der Waals surface area (Å²) < 4.78 is 10.8. The van der Waals surface area contributed by atoms with Crippen molar-refractivity contribution in [2.45, 2.75) is 39.2 Å². The molecule has 1 aromatic carbocycles. The van der Waals surface area contributed by atoms with E-state index in [0.29, 0.717) is 0 Å². The molecule has 1 atom stereocenters. The van der Waals surface area contributed by atoms with E-state index < -0.39 is 5.54 Å². The molecule has 0 saturated heterocycles. The van der Waals surface area contributed by atoms with Gasteiger partial charge in [0.15, 0.2) is 0 Å². The fourth-order valence-electron chi connectivity index (χ4n) is 2.71. The van der Waals surface area contributed by atoms with E-state index in [-0.39, 0.29) is 0 Å². The monoisotopic (exact) mass is 294 g/mol. The van der Waals surface area contributed by atoms with Crippen LogP contribution in [0.15, 0.2) is 18.2 Å². The number of rotatable bonds is 9. The predicted molar refractivity (Wildman–Crippen MR) is 88.1 cm³/mol. The summed E-state index contributed by atoms with van der Waals surface area (Å²) in [6.07, 6.45) is 2.26. The van der Waals surface area contributed by atoms with Gasteiger partial charge in [-0.2, -0.15) is 0 Å². The van der Waals surface area contributed by atoms with E-state index in [2.05, 4.69) is 25.7 Å². The van der Waals surface area contributed by atoms with Crippen LogP contribution in [-0.4, -0.2) is 38.8 Å². The zero-order valence-corrected chi connectivity index (χ0v) is 14.1. The van der Waals surface area contributed by atoms with Crippen LogP contribution in [0.1, 0.15) is 39.2 Å². The normalized spacial score (nSPS) is 14.0. The first-order valence-electron chi connectivity index (χ1n) is 7.72. The molecule has 0 aliphatic rings. The zero-order valence-electron chi connectivity index (χ0n) is 14.1. The lowest BCUT2D eigenvalue weighted by Crippen LogP contribution is -2.46. The summed E-state index contributed by atoms with van der Waals surface area (Å²) in [5.41, 5.74) is 7.13. The van der Waals surface area contributed by atoms with Crippen LogP contribution in [0, 0.1) is 0 Å². The van der Waals surface area contributed by atoms with Crippen LogP contribution >= 0.6 is 0 Å². The summed E-state index contributed by atoms with van der Waals surface area (Å²) in [7, 11) is 3.34. The van der Waals surface area contributed by atoms with Crippen molar-refractivity contribution >= 4 is 0 Å². The second-order valence-electron chi connectivity index (χ2n) is 5.76. The average Bonchev–Trinajstić information content (AvgIpc) is 2.46. The van der Waals surface area contributed by atoms with Gasteiger partial charge in [0.1, 0.15) is 11.5 Å². The molecule has 0 aliphatic heterocycles. The molecular weight excluding hydrogens is 264 g/mol. The van der Waals surface area contributed by atoms with Gasteiger partial charge in [-0.1, -0.05) is 13.8 Å². The molecule has 0 aromatic heterocycles. The Morgan fingerprint density at radius 1 is 1.10 bits per heavy atom. The van der Waals surface area contributed by atoms with Gasteiger partial charge in [-0.15, -0.1) is 0 Å². The van der Waals surface area contributed by atoms with E-state index in [4.69, 9.17) is 15.2 Å². The third kappa shape index (κ3) is 4.90. The SMILES string of the molecule is CCCN(CCC)CC(C)(N)c1cc(OC)ccc1OC. The van der Waals surface area contributed by atoms with Crippen LogP contribution < -0.4 is 15.2 Å². The first-order chi connectivity index (χ1) is 9.98. The molecule has 0 spiro atoms. The highest BCUT2D eigenvalue weighted by Crippen LogP contribution is 2.32. The molecule has 1 rings (SSSR count). The van der Waals surface area contributed by atoms with E-state index in [1.54, 1.807) is 14.2 Å². The van der Waals surface area contributed by atoms with Crippen LogP contribution in [0.25, 0.3) is 0 Å². The third-order valence-corrected chi connectivity index (χ3v) is 3.65. The summed E-state index contributed by atoms with van der Waals surface area (Å²) in [5, 5.41) is 0. The smallest absolute Gasteiger partial charge is 0.124 e. The second-order valence-corrected chi connectivity index (χ2v) is 5.76. The van der Waals surface area contributed by atoms with E-state index in [1.807, 2.05) is 18.2 Å². The molecule has 4 nitrogen and oxygen atoms in total. The molecule has 4 heteroatoms. The number of nitrogens with zero attached hydrogens (tertiary/aromatic N) is 1. The Morgan fingerprint density at radius 3 is 2.19 bits per heavy atom. The lowest BCUT2D eigenvalue weighted by Gasteiger charge is -2.33. The second kappa shape index (κ2) is 8.25. The van der Waals surface area contributed by atoms with Crippen molar-refractivity contribution in [2.24, 2.45) is 5.73 Å². The Balaban J connectivity index is 3.03. The van der Waals surface area contributed by atoms with E-state index >= 15 is 0 Å². The quantitative estimate of drug-likeness (QED) is 0.760. The van der Waals surface area contributed by atoms with Gasteiger partial charge < -0.3 is 20.1 Å². The minimum atomic E-state index is -0.482. The van der Waals surface area contributed by atoms with Crippen molar-refractivity contribution in [3.05, 3.63) is 23.8 Å². The van der Waals surface area contributed by atoms with E-state index in [0.717, 1.165) is 49.5 Å². The number of hydrogen-bond acceptors (Lipinski definition) is 4. The molecule has 0 radical (unpaired) electrons. The first-order valence-corrected chi connectivity index (χ1v) is 7.72. The van der Waals surface area contributed by atoms with Gasteiger partial charge in [-0.3, -0.25) is 0 Å². The van der Waals surface area contributed by atoms with Gasteiger partial charge in [-0.05, 0) is 51.1 Å². The van der Waals surface area contributed by atoms with Crippen LogP contribution in [0.4, 0.5) is 0 Å². The standard InChI is InChI=1S/C17H30N2O2/c1-6-10-19(11-7-2)13-17(3,18)15-12-14(20-4)8-9-16(15)21-5/h8-9,12H,6-7,10-11,13,18H2,1-5H3. The van der Waals surface area contributed by atoms with Crippen LogP contribution in [0.2, 0.25) is 0 Å². The largest absolute Gasteiger partial charge is 0.497 e. The summed E-state index contributed by atoms with van der Waals surface area (Å²) in [6.45, 7) is 9.38. The molecule has 0 aliphatic carbocycles. The molecule has 0 saturated carbocycles. The topological polar surface area (TPSA) is 47.7 Å². The molecule has 120 valence electrons. The van der Waals surface area contributed by atoms with Gasteiger partial charge in [0.05, 0.1) is 19.8 Å². The average molecular weight is 294 g/mol. The summed E-state index contributed by atoms with van der Waals surface area (Å²) in [6, 6.07) is 5.80. The molecule has 1 unspecified atom stereocenters. The first kappa shape index (κ1) is 17.8. The molecule has 2 N–H and O–H groups in total. The zero-order chi connectivity index (χ0) is 15.9. The lowest BCUT2D eigenvalue weighted by atomic mass is 9.91. The van der Waals surface area contributed by atoms with Crippen molar-refractivity contribution in [3.63, 3.8) is 0 Å². The molecular formula is C17H30N2O2. The van der Waals surface area contributed by atoms with Crippen molar-refractivity contribution in [1.82, 2.24) is 4.90 Å². The van der Waals surface area contributed by atoms with Gasteiger partial charge >= 0.3 is 0 Å². The fourth-order valence-corrected chi connectivity index (χ4v) is 2.71. The molecule has 0 bridgehead atoms. The highest BCUT2D eigenvalue weighted by molar-refractivity contribution is 5.44. The van der Waals surface area contributed by atoms with Crippen LogP contribution in [-0.2, 0) is 5.54 Å². The van der Waals surface area contributed by atoms with Crippen LogP contribution in [0.5, 0.6) is 11.5 Å². The van der Waals surface area contributed by atoms with Crippen LogP contribution in [0.3, 0.4) is 0 Å². The predicted octanol–water partition coefficient (Wildman–Crippen LogP) is 3.00. The number of methoxy groups -OCH3 is 2. The van der Waals surface area contributed by atoms with E-state index in [9.17, 15) is 0 Å². The van der Waals surface area contributed by atoms with Gasteiger partial charge in [-0.25, -0.2) is 0 Å². The Bertz CT molecular complexity index is 427. The van der Waals surface area contributed by atoms with E-state index in [1.165, 1.54) is 0 Å². The van der Waals surface area contributed by atoms with Gasteiger partial charge in [0.25, 0.3) is 0 Å². The Labute approximate surface area is 129 Å². The summed E-state index contributed by atoms with van der Waals surface area (Å²) in [4.78, 5) is 2.42. The molecule has 0 fully saturated rings. The number of nitrogens with two attached hydrogens (primary N) is 1. The third-order valence-electron chi connectivity index (χ3n) is 3.65. The lowest BCUT2D eigenvalue weighted by molar-refractivity contribution is 0.214. The minimum Gasteiger partial charge on any atom is -0.497 e. The fraction of sp³-hybridized carbons (Fsp3) is 0.647.